The summed E-state index contributed by atoms with van der Waals surface area (Å²) in [4.78, 5) is 11.1. The fourth-order valence-electron chi connectivity index (χ4n) is 2.33. The van der Waals surface area contributed by atoms with Crippen LogP contribution >= 0.6 is 15.9 Å². The van der Waals surface area contributed by atoms with E-state index in [2.05, 4.69) is 56.9 Å². The second-order valence-electron chi connectivity index (χ2n) is 6.29. The first-order valence-corrected chi connectivity index (χ1v) is 7.71. The summed E-state index contributed by atoms with van der Waals surface area (Å²) in [5.74, 6) is 1.53. The zero-order valence-corrected chi connectivity index (χ0v) is 13.6. The molecule has 1 aromatic heterocycles. The molecule has 1 unspecified atom stereocenters. The van der Waals surface area contributed by atoms with E-state index < -0.39 is 0 Å². The molecule has 2 rings (SSSR count). The van der Waals surface area contributed by atoms with Gasteiger partial charge in [-0.2, -0.15) is 0 Å². The summed E-state index contributed by atoms with van der Waals surface area (Å²) in [7, 11) is 0. The largest absolute Gasteiger partial charge is 0.341 e. The van der Waals surface area contributed by atoms with Crippen molar-refractivity contribution in [2.45, 2.75) is 39.2 Å². The number of anilines is 1. The van der Waals surface area contributed by atoms with Crippen LogP contribution in [0, 0.1) is 5.92 Å². The van der Waals surface area contributed by atoms with Crippen molar-refractivity contribution in [3.05, 3.63) is 16.9 Å². The topological polar surface area (TPSA) is 41.0 Å². The third-order valence-corrected chi connectivity index (χ3v) is 3.74. The van der Waals surface area contributed by atoms with Crippen molar-refractivity contribution in [2.24, 2.45) is 5.92 Å². The number of piperidine rings is 1. The highest BCUT2D eigenvalue weighted by atomic mass is 79.9. The molecule has 1 saturated heterocycles. The highest BCUT2D eigenvalue weighted by molar-refractivity contribution is 9.10. The molecule has 2 heterocycles. The second-order valence-corrected chi connectivity index (χ2v) is 7.20. The maximum atomic E-state index is 4.39. The van der Waals surface area contributed by atoms with E-state index in [0.29, 0.717) is 5.92 Å². The Balaban J connectivity index is 1.91. The molecule has 1 atom stereocenters. The molecule has 1 fully saturated rings. The Kier molecular flexibility index (Phi) is 4.79. The monoisotopic (exact) mass is 326 g/mol. The summed E-state index contributed by atoms with van der Waals surface area (Å²) in [5.41, 5.74) is 0.191. The Bertz CT molecular complexity index is 399. The number of aromatic nitrogens is 2. The quantitative estimate of drug-likeness (QED) is 0.927. The Hall–Kier alpha value is -0.680. The van der Waals surface area contributed by atoms with E-state index in [0.717, 1.165) is 30.1 Å². The van der Waals surface area contributed by atoms with Crippen molar-refractivity contribution < 1.29 is 0 Å². The average molecular weight is 327 g/mol. The van der Waals surface area contributed by atoms with Gasteiger partial charge in [-0.15, -0.1) is 0 Å². The lowest BCUT2D eigenvalue weighted by Gasteiger charge is -2.34. The third kappa shape index (κ3) is 4.73. The predicted octanol–water partition coefficient (Wildman–Crippen LogP) is 2.84. The summed E-state index contributed by atoms with van der Waals surface area (Å²) in [5, 5.41) is 3.60. The van der Waals surface area contributed by atoms with E-state index >= 15 is 0 Å². The first kappa shape index (κ1) is 14.7. The third-order valence-electron chi connectivity index (χ3n) is 3.33. The van der Waals surface area contributed by atoms with Gasteiger partial charge in [-0.05, 0) is 55.5 Å². The number of hydrogen-bond donors (Lipinski definition) is 1. The number of hydrogen-bond acceptors (Lipinski definition) is 4. The number of nitrogens with one attached hydrogen (secondary N) is 1. The molecule has 0 bridgehead atoms. The Labute approximate surface area is 124 Å². The summed E-state index contributed by atoms with van der Waals surface area (Å²) >= 11 is 3.37. The first-order valence-electron chi connectivity index (χ1n) is 6.91. The molecular formula is C14H23BrN4. The molecule has 4 nitrogen and oxygen atoms in total. The van der Waals surface area contributed by atoms with Crippen LogP contribution in [0.25, 0.3) is 0 Å². The van der Waals surface area contributed by atoms with Crippen molar-refractivity contribution in [3.63, 3.8) is 0 Å². The molecule has 0 aliphatic carbocycles. The normalized spacial score (nSPS) is 20.6. The van der Waals surface area contributed by atoms with Crippen molar-refractivity contribution in [1.29, 1.82) is 0 Å². The number of rotatable bonds is 3. The van der Waals surface area contributed by atoms with Crippen molar-refractivity contribution in [2.75, 3.05) is 24.5 Å². The van der Waals surface area contributed by atoms with Crippen LogP contribution in [-0.2, 0) is 0 Å². The van der Waals surface area contributed by atoms with Gasteiger partial charge in [0.05, 0.1) is 4.47 Å². The molecule has 1 aromatic rings. The molecular weight excluding hydrogens is 304 g/mol. The van der Waals surface area contributed by atoms with Crippen molar-refractivity contribution in [3.8, 4) is 0 Å². The molecule has 0 radical (unpaired) electrons. The fraction of sp³-hybridized carbons (Fsp3) is 0.714. The molecule has 1 aliphatic rings. The minimum absolute atomic E-state index is 0.191. The van der Waals surface area contributed by atoms with Crippen LogP contribution in [0.2, 0.25) is 0 Å². The number of halogens is 1. The summed E-state index contributed by atoms with van der Waals surface area (Å²) < 4.78 is 0.930. The van der Waals surface area contributed by atoms with E-state index in [4.69, 9.17) is 0 Å². The molecule has 0 aromatic carbocycles. The van der Waals surface area contributed by atoms with E-state index in [9.17, 15) is 0 Å². The van der Waals surface area contributed by atoms with Gasteiger partial charge in [0.25, 0.3) is 0 Å². The molecule has 0 spiro atoms. The summed E-state index contributed by atoms with van der Waals surface area (Å²) in [6.07, 6.45) is 6.14. The van der Waals surface area contributed by atoms with Gasteiger partial charge in [-0.3, -0.25) is 0 Å². The highest BCUT2D eigenvalue weighted by Gasteiger charge is 2.22. The maximum absolute atomic E-state index is 4.39. The van der Waals surface area contributed by atoms with Gasteiger partial charge in [-0.25, -0.2) is 9.97 Å². The molecule has 1 aliphatic heterocycles. The van der Waals surface area contributed by atoms with E-state index in [-0.39, 0.29) is 5.54 Å². The van der Waals surface area contributed by atoms with Gasteiger partial charge in [-0.1, -0.05) is 0 Å². The highest BCUT2D eigenvalue weighted by Crippen LogP contribution is 2.21. The molecule has 19 heavy (non-hydrogen) atoms. The smallest absolute Gasteiger partial charge is 0.225 e. The van der Waals surface area contributed by atoms with Crippen LogP contribution in [0.4, 0.5) is 5.95 Å². The molecule has 0 saturated carbocycles. The molecule has 1 N–H and O–H groups in total. The zero-order valence-electron chi connectivity index (χ0n) is 12.0. The summed E-state index contributed by atoms with van der Waals surface area (Å²) in [6.45, 7) is 9.82. The Morgan fingerprint density at radius 1 is 1.37 bits per heavy atom. The van der Waals surface area contributed by atoms with Crippen LogP contribution in [0.1, 0.15) is 33.6 Å². The molecule has 106 valence electrons. The van der Waals surface area contributed by atoms with Crippen LogP contribution < -0.4 is 10.2 Å². The first-order chi connectivity index (χ1) is 8.94. The van der Waals surface area contributed by atoms with Crippen LogP contribution in [-0.4, -0.2) is 35.1 Å². The average Bonchev–Trinajstić information content (AvgIpc) is 2.37. The van der Waals surface area contributed by atoms with Gasteiger partial charge in [0.15, 0.2) is 0 Å². The van der Waals surface area contributed by atoms with Crippen LogP contribution in [0.5, 0.6) is 0 Å². The maximum Gasteiger partial charge on any atom is 0.225 e. The minimum Gasteiger partial charge on any atom is -0.341 e. The minimum atomic E-state index is 0.191. The van der Waals surface area contributed by atoms with Crippen molar-refractivity contribution in [1.82, 2.24) is 15.3 Å². The predicted molar refractivity (Wildman–Crippen MR) is 82.4 cm³/mol. The SMILES string of the molecule is CC(C)(C)NCC1CCCN(c2ncc(Br)cn2)C1. The van der Waals surface area contributed by atoms with Gasteiger partial charge in [0.1, 0.15) is 0 Å². The standard InChI is InChI=1S/C14H23BrN4/c1-14(2,3)18-7-11-5-4-6-19(10-11)13-16-8-12(15)9-17-13/h8-9,11,18H,4-7,10H2,1-3H3. The van der Waals surface area contributed by atoms with Crippen LogP contribution in [0.3, 0.4) is 0 Å². The Morgan fingerprint density at radius 3 is 2.68 bits per heavy atom. The molecule has 5 heteroatoms. The van der Waals surface area contributed by atoms with Gasteiger partial charge >= 0.3 is 0 Å². The van der Waals surface area contributed by atoms with Gasteiger partial charge < -0.3 is 10.2 Å². The lowest BCUT2D eigenvalue weighted by molar-refractivity contribution is 0.334. The second kappa shape index (κ2) is 6.18. The van der Waals surface area contributed by atoms with E-state index in [1.54, 1.807) is 0 Å². The van der Waals surface area contributed by atoms with E-state index in [1.165, 1.54) is 12.8 Å². The lowest BCUT2D eigenvalue weighted by atomic mass is 9.97. The summed E-state index contributed by atoms with van der Waals surface area (Å²) in [6, 6.07) is 0. The number of nitrogens with zero attached hydrogens (tertiary/aromatic N) is 3. The Morgan fingerprint density at radius 2 is 2.05 bits per heavy atom. The fourth-order valence-corrected chi connectivity index (χ4v) is 2.54. The van der Waals surface area contributed by atoms with E-state index in [1.807, 2.05) is 12.4 Å². The van der Waals surface area contributed by atoms with Gasteiger partial charge in [0, 0.05) is 37.6 Å². The zero-order chi connectivity index (χ0) is 13.9. The van der Waals surface area contributed by atoms with Crippen molar-refractivity contribution >= 4 is 21.9 Å². The van der Waals surface area contributed by atoms with Crippen LogP contribution in [0.15, 0.2) is 16.9 Å². The lowest BCUT2D eigenvalue weighted by Crippen LogP contribution is -2.45. The van der Waals surface area contributed by atoms with Gasteiger partial charge in [0.2, 0.25) is 5.95 Å². The molecule has 0 amide bonds.